The molecule has 0 radical (unpaired) electrons. The summed E-state index contributed by atoms with van der Waals surface area (Å²) in [7, 11) is -1.30. The van der Waals surface area contributed by atoms with Gasteiger partial charge in [0.25, 0.3) is 0 Å². The lowest BCUT2D eigenvalue weighted by atomic mass is 10.4. The monoisotopic (exact) mass is 228 g/mol. The Hall–Kier alpha value is 0.200. The second kappa shape index (κ2) is 7.59. The van der Waals surface area contributed by atoms with Gasteiger partial charge in [0, 0.05) is 19.6 Å². The summed E-state index contributed by atoms with van der Waals surface area (Å²) in [4.78, 5) is 0. The Kier molecular flexibility index (Phi) is 7.71. The molecule has 0 amide bonds. The van der Waals surface area contributed by atoms with Gasteiger partial charge in [-0.25, -0.2) is 8.42 Å². The standard InChI is InChI=1S/C8H17ClO3S/c1-12-6-4-8-13(10,11)7-3-2-5-9/h2-8H2,1H3. The molecule has 0 saturated heterocycles. The van der Waals surface area contributed by atoms with E-state index in [0.717, 1.165) is 6.42 Å². The molecule has 0 aromatic carbocycles. The van der Waals surface area contributed by atoms with E-state index in [1.165, 1.54) is 0 Å². The van der Waals surface area contributed by atoms with Crippen LogP contribution in [0.4, 0.5) is 0 Å². The molecule has 0 bridgehead atoms. The maximum absolute atomic E-state index is 11.3. The molecular weight excluding hydrogens is 212 g/mol. The second-order valence-corrected chi connectivity index (χ2v) is 5.58. The van der Waals surface area contributed by atoms with Crippen LogP contribution < -0.4 is 0 Å². The Morgan fingerprint density at radius 2 is 1.77 bits per heavy atom. The Bertz CT molecular complexity index is 185. The number of hydrogen-bond donors (Lipinski definition) is 0. The first-order valence-corrected chi connectivity index (χ1v) is 6.73. The van der Waals surface area contributed by atoms with Gasteiger partial charge in [-0.1, -0.05) is 0 Å². The van der Waals surface area contributed by atoms with Crippen LogP contribution in [-0.4, -0.2) is 39.5 Å². The van der Waals surface area contributed by atoms with E-state index in [9.17, 15) is 8.42 Å². The molecule has 0 aliphatic carbocycles. The number of ether oxygens (including phenoxy) is 1. The summed E-state index contributed by atoms with van der Waals surface area (Å²) in [5.41, 5.74) is 0. The highest BCUT2D eigenvalue weighted by Crippen LogP contribution is 2.00. The quantitative estimate of drug-likeness (QED) is 0.467. The van der Waals surface area contributed by atoms with E-state index >= 15 is 0 Å². The molecular formula is C8H17ClO3S. The molecule has 0 heterocycles. The lowest BCUT2D eigenvalue weighted by Gasteiger charge is -2.02. The van der Waals surface area contributed by atoms with Crippen molar-refractivity contribution in [3.63, 3.8) is 0 Å². The van der Waals surface area contributed by atoms with Crippen molar-refractivity contribution in [3.8, 4) is 0 Å². The van der Waals surface area contributed by atoms with Crippen LogP contribution in [0.25, 0.3) is 0 Å². The molecule has 13 heavy (non-hydrogen) atoms. The van der Waals surface area contributed by atoms with Gasteiger partial charge >= 0.3 is 0 Å². The maximum Gasteiger partial charge on any atom is 0.150 e. The molecule has 0 aliphatic heterocycles. The molecule has 80 valence electrons. The maximum atomic E-state index is 11.3. The lowest BCUT2D eigenvalue weighted by molar-refractivity contribution is 0.199. The average Bonchev–Trinajstić information content (AvgIpc) is 2.05. The van der Waals surface area contributed by atoms with Gasteiger partial charge in [-0.3, -0.25) is 0 Å². The van der Waals surface area contributed by atoms with Gasteiger partial charge < -0.3 is 4.74 Å². The number of alkyl halides is 1. The highest BCUT2D eigenvalue weighted by Gasteiger charge is 2.09. The normalized spacial score (nSPS) is 11.8. The minimum atomic E-state index is -2.86. The van der Waals surface area contributed by atoms with Crippen molar-refractivity contribution in [2.45, 2.75) is 19.3 Å². The van der Waals surface area contributed by atoms with Crippen LogP contribution in [0.2, 0.25) is 0 Å². The fourth-order valence-electron chi connectivity index (χ4n) is 0.942. The Morgan fingerprint density at radius 1 is 1.15 bits per heavy atom. The first-order chi connectivity index (χ1) is 6.12. The van der Waals surface area contributed by atoms with Crippen molar-refractivity contribution in [1.29, 1.82) is 0 Å². The predicted molar refractivity (Wildman–Crippen MR) is 55.1 cm³/mol. The zero-order chi connectivity index (χ0) is 10.2. The SMILES string of the molecule is COCCCS(=O)(=O)CCCCCl. The number of rotatable bonds is 8. The predicted octanol–water partition coefficient (Wildman–Crippen LogP) is 1.46. The molecule has 0 aromatic heterocycles. The zero-order valence-electron chi connectivity index (χ0n) is 7.96. The van der Waals surface area contributed by atoms with E-state index in [4.69, 9.17) is 16.3 Å². The topological polar surface area (TPSA) is 43.4 Å². The van der Waals surface area contributed by atoms with Crippen molar-refractivity contribution >= 4 is 21.4 Å². The van der Waals surface area contributed by atoms with Gasteiger partial charge in [0.2, 0.25) is 0 Å². The molecule has 0 fully saturated rings. The van der Waals surface area contributed by atoms with Crippen LogP contribution in [0, 0.1) is 0 Å². The highest BCUT2D eigenvalue weighted by molar-refractivity contribution is 7.91. The summed E-state index contributed by atoms with van der Waals surface area (Å²) in [5, 5.41) is 0. The van der Waals surface area contributed by atoms with E-state index in [1.807, 2.05) is 0 Å². The Balaban J connectivity index is 3.55. The average molecular weight is 229 g/mol. The van der Waals surface area contributed by atoms with Crippen molar-refractivity contribution in [2.24, 2.45) is 0 Å². The molecule has 0 rings (SSSR count). The van der Waals surface area contributed by atoms with Crippen LogP contribution in [0.3, 0.4) is 0 Å². The molecule has 0 aliphatic rings. The van der Waals surface area contributed by atoms with Crippen molar-refractivity contribution in [2.75, 3.05) is 31.1 Å². The molecule has 0 spiro atoms. The smallest absolute Gasteiger partial charge is 0.150 e. The van der Waals surface area contributed by atoms with Crippen molar-refractivity contribution in [3.05, 3.63) is 0 Å². The third-order valence-electron chi connectivity index (χ3n) is 1.64. The van der Waals surface area contributed by atoms with Gasteiger partial charge in [0.1, 0.15) is 9.84 Å². The van der Waals surface area contributed by atoms with Gasteiger partial charge in [0.05, 0.1) is 11.5 Å². The summed E-state index contributed by atoms with van der Waals surface area (Å²) in [6.07, 6.45) is 2.02. The van der Waals surface area contributed by atoms with Crippen molar-refractivity contribution in [1.82, 2.24) is 0 Å². The fourth-order valence-corrected chi connectivity index (χ4v) is 2.54. The molecule has 3 nitrogen and oxygen atoms in total. The Labute approximate surface area is 85.3 Å². The van der Waals surface area contributed by atoms with Gasteiger partial charge in [-0.05, 0) is 19.3 Å². The van der Waals surface area contributed by atoms with E-state index in [2.05, 4.69) is 0 Å². The zero-order valence-corrected chi connectivity index (χ0v) is 9.53. The summed E-state index contributed by atoms with van der Waals surface area (Å²) < 4.78 is 27.3. The van der Waals surface area contributed by atoms with Gasteiger partial charge in [0.15, 0.2) is 0 Å². The lowest BCUT2D eigenvalue weighted by Crippen LogP contribution is -2.12. The largest absolute Gasteiger partial charge is 0.385 e. The van der Waals surface area contributed by atoms with Crippen LogP contribution in [-0.2, 0) is 14.6 Å². The van der Waals surface area contributed by atoms with E-state index in [-0.39, 0.29) is 11.5 Å². The van der Waals surface area contributed by atoms with Crippen LogP contribution >= 0.6 is 11.6 Å². The van der Waals surface area contributed by atoms with E-state index in [1.54, 1.807) is 7.11 Å². The van der Waals surface area contributed by atoms with Gasteiger partial charge in [-0.2, -0.15) is 0 Å². The number of sulfone groups is 1. The van der Waals surface area contributed by atoms with Gasteiger partial charge in [-0.15, -0.1) is 11.6 Å². The highest BCUT2D eigenvalue weighted by atomic mass is 35.5. The van der Waals surface area contributed by atoms with Crippen LogP contribution in [0.5, 0.6) is 0 Å². The summed E-state index contributed by atoms with van der Waals surface area (Å²) in [6, 6.07) is 0. The number of halogens is 1. The number of methoxy groups -OCH3 is 1. The third kappa shape index (κ3) is 8.53. The van der Waals surface area contributed by atoms with E-state index in [0.29, 0.717) is 25.3 Å². The number of hydrogen-bond acceptors (Lipinski definition) is 3. The second-order valence-electron chi connectivity index (χ2n) is 2.89. The molecule has 0 unspecified atom stereocenters. The Morgan fingerprint density at radius 3 is 2.31 bits per heavy atom. The summed E-state index contributed by atoms with van der Waals surface area (Å²) in [5.74, 6) is 1.01. The minimum Gasteiger partial charge on any atom is -0.385 e. The fraction of sp³-hybridized carbons (Fsp3) is 1.00. The molecule has 0 N–H and O–H groups in total. The minimum absolute atomic E-state index is 0.225. The molecule has 5 heteroatoms. The first kappa shape index (κ1) is 13.2. The number of unbranched alkanes of at least 4 members (excludes halogenated alkanes) is 1. The summed E-state index contributed by atoms with van der Waals surface area (Å²) in [6.45, 7) is 0.509. The first-order valence-electron chi connectivity index (χ1n) is 4.37. The van der Waals surface area contributed by atoms with Crippen LogP contribution in [0.15, 0.2) is 0 Å². The molecule has 0 saturated carbocycles. The van der Waals surface area contributed by atoms with Crippen molar-refractivity contribution < 1.29 is 13.2 Å². The van der Waals surface area contributed by atoms with E-state index < -0.39 is 9.84 Å². The van der Waals surface area contributed by atoms with Crippen LogP contribution in [0.1, 0.15) is 19.3 Å². The third-order valence-corrected chi connectivity index (χ3v) is 3.73. The molecule has 0 atom stereocenters. The summed E-state index contributed by atoms with van der Waals surface area (Å²) >= 11 is 5.44. The molecule has 0 aromatic rings.